The molecule has 7 heteroatoms. The van der Waals surface area contributed by atoms with Crippen LogP contribution in [0.3, 0.4) is 0 Å². The minimum Gasteiger partial charge on any atom is -0.389 e. The van der Waals surface area contributed by atoms with Gasteiger partial charge in [-0.1, -0.05) is 12.8 Å². The number of aromatic nitrogens is 2. The van der Waals surface area contributed by atoms with Gasteiger partial charge in [0.2, 0.25) is 5.91 Å². The summed E-state index contributed by atoms with van der Waals surface area (Å²) in [6.45, 7) is 2.07. The summed E-state index contributed by atoms with van der Waals surface area (Å²) in [5.74, 6) is 1.25. The van der Waals surface area contributed by atoms with Crippen molar-refractivity contribution in [1.29, 1.82) is 0 Å². The number of nitrogens with two attached hydrogens (primary N) is 1. The van der Waals surface area contributed by atoms with Crippen LogP contribution >= 0.6 is 0 Å². The van der Waals surface area contributed by atoms with Gasteiger partial charge in [0.25, 0.3) is 0 Å². The van der Waals surface area contributed by atoms with Crippen molar-refractivity contribution >= 4 is 11.7 Å². The van der Waals surface area contributed by atoms with Crippen molar-refractivity contribution in [1.82, 2.24) is 19.8 Å². The highest BCUT2D eigenvalue weighted by Crippen LogP contribution is 2.33. The number of anilines is 1. The molecule has 0 spiro atoms. The predicted molar refractivity (Wildman–Crippen MR) is 90.9 cm³/mol. The van der Waals surface area contributed by atoms with E-state index in [2.05, 4.69) is 14.9 Å². The third-order valence-electron chi connectivity index (χ3n) is 5.27. The molecule has 24 heavy (non-hydrogen) atoms. The normalized spacial score (nSPS) is 23.1. The molecule has 1 aliphatic carbocycles. The average Bonchev–Trinajstić information content (AvgIpc) is 3.16. The van der Waals surface area contributed by atoms with Crippen molar-refractivity contribution < 1.29 is 9.90 Å². The second-order valence-electron chi connectivity index (χ2n) is 7.20. The Balaban J connectivity index is 1.51. The Morgan fingerprint density at radius 1 is 1.50 bits per heavy atom. The van der Waals surface area contributed by atoms with Crippen LogP contribution in [0, 0.1) is 0 Å². The summed E-state index contributed by atoms with van der Waals surface area (Å²) in [6.07, 6.45) is 6.42. The fourth-order valence-electron chi connectivity index (χ4n) is 3.77. The largest absolute Gasteiger partial charge is 0.389 e. The minimum absolute atomic E-state index is 0.0792. The van der Waals surface area contributed by atoms with Crippen LogP contribution in [0.2, 0.25) is 0 Å². The molecule has 1 unspecified atom stereocenters. The SMILES string of the molecule is CN(Cc1nccc(N)n1)C1CCN(C(=O)CC2(O)CCCC2)C1. The molecule has 1 saturated heterocycles. The van der Waals surface area contributed by atoms with Gasteiger partial charge in [0.05, 0.1) is 18.6 Å². The van der Waals surface area contributed by atoms with E-state index in [1.165, 1.54) is 0 Å². The number of likely N-dealkylation sites (tertiary alicyclic amines) is 1. The number of amides is 1. The first kappa shape index (κ1) is 17.1. The summed E-state index contributed by atoms with van der Waals surface area (Å²) in [5, 5.41) is 10.4. The average molecular weight is 333 g/mol. The summed E-state index contributed by atoms with van der Waals surface area (Å²) in [4.78, 5) is 25.0. The molecule has 132 valence electrons. The number of nitrogens with zero attached hydrogens (tertiary/aromatic N) is 4. The quantitative estimate of drug-likeness (QED) is 0.827. The van der Waals surface area contributed by atoms with Gasteiger partial charge in [-0.15, -0.1) is 0 Å². The van der Waals surface area contributed by atoms with Crippen LogP contribution in [0.25, 0.3) is 0 Å². The second kappa shape index (κ2) is 7.03. The van der Waals surface area contributed by atoms with E-state index in [-0.39, 0.29) is 18.4 Å². The highest BCUT2D eigenvalue weighted by molar-refractivity contribution is 5.77. The van der Waals surface area contributed by atoms with Crippen molar-refractivity contribution in [3.05, 3.63) is 18.1 Å². The zero-order valence-electron chi connectivity index (χ0n) is 14.3. The molecule has 1 aromatic heterocycles. The van der Waals surface area contributed by atoms with Gasteiger partial charge in [0, 0.05) is 25.3 Å². The van der Waals surface area contributed by atoms with Gasteiger partial charge in [-0.05, 0) is 32.4 Å². The zero-order valence-corrected chi connectivity index (χ0v) is 14.3. The number of carbonyl (C=O) groups excluding carboxylic acids is 1. The lowest BCUT2D eigenvalue weighted by atomic mass is 9.97. The van der Waals surface area contributed by atoms with Gasteiger partial charge in [0.1, 0.15) is 11.6 Å². The lowest BCUT2D eigenvalue weighted by Crippen LogP contribution is -2.39. The topological polar surface area (TPSA) is 95.6 Å². The first-order chi connectivity index (χ1) is 11.5. The molecule has 2 aliphatic rings. The highest BCUT2D eigenvalue weighted by Gasteiger charge is 2.37. The fourth-order valence-corrected chi connectivity index (χ4v) is 3.77. The standard InChI is InChI=1S/C17H27N5O2/c1-21(12-15-19-8-4-14(18)20-15)13-5-9-22(11-13)16(23)10-17(24)6-2-3-7-17/h4,8,13,24H,2-3,5-7,9-12H2,1H3,(H2,18,19,20). The predicted octanol–water partition coefficient (Wildman–Crippen LogP) is 0.787. The molecule has 1 saturated carbocycles. The zero-order chi connectivity index (χ0) is 17.2. The molecule has 1 amide bonds. The Labute approximate surface area is 142 Å². The van der Waals surface area contributed by atoms with E-state index < -0.39 is 5.60 Å². The van der Waals surface area contributed by atoms with E-state index in [1.807, 2.05) is 11.9 Å². The summed E-state index contributed by atoms with van der Waals surface area (Å²) in [6, 6.07) is 1.96. The van der Waals surface area contributed by atoms with E-state index in [9.17, 15) is 9.90 Å². The summed E-state index contributed by atoms with van der Waals surface area (Å²) in [7, 11) is 2.02. The maximum atomic E-state index is 12.5. The van der Waals surface area contributed by atoms with E-state index in [0.717, 1.165) is 38.6 Å². The number of likely N-dealkylation sites (N-methyl/N-ethyl adjacent to an activating group) is 1. The number of nitrogen functional groups attached to an aromatic ring is 1. The van der Waals surface area contributed by atoms with E-state index >= 15 is 0 Å². The maximum absolute atomic E-state index is 12.5. The first-order valence-electron chi connectivity index (χ1n) is 8.73. The van der Waals surface area contributed by atoms with Crippen LogP contribution in [-0.2, 0) is 11.3 Å². The molecule has 3 rings (SSSR count). The van der Waals surface area contributed by atoms with Crippen LogP contribution in [0.15, 0.2) is 12.3 Å². The maximum Gasteiger partial charge on any atom is 0.225 e. The number of hydrogen-bond acceptors (Lipinski definition) is 6. The molecule has 1 aromatic rings. The van der Waals surface area contributed by atoms with E-state index in [1.54, 1.807) is 12.3 Å². The Morgan fingerprint density at radius 3 is 2.96 bits per heavy atom. The molecule has 0 aromatic carbocycles. The highest BCUT2D eigenvalue weighted by atomic mass is 16.3. The number of carbonyl (C=O) groups is 1. The van der Waals surface area contributed by atoms with Crippen LogP contribution in [0.4, 0.5) is 5.82 Å². The summed E-state index contributed by atoms with van der Waals surface area (Å²) < 4.78 is 0. The van der Waals surface area contributed by atoms with Crippen molar-refractivity contribution in [3.63, 3.8) is 0 Å². The number of hydrogen-bond donors (Lipinski definition) is 2. The Hall–Kier alpha value is -1.73. The van der Waals surface area contributed by atoms with Gasteiger partial charge in [-0.3, -0.25) is 9.69 Å². The minimum atomic E-state index is -0.767. The molecular formula is C17H27N5O2. The molecule has 1 atom stereocenters. The van der Waals surface area contributed by atoms with Crippen LogP contribution in [-0.4, -0.2) is 62.6 Å². The van der Waals surface area contributed by atoms with E-state index in [0.29, 0.717) is 24.7 Å². The Kier molecular flexibility index (Phi) is 5.01. The lowest BCUT2D eigenvalue weighted by Gasteiger charge is -2.26. The third-order valence-corrected chi connectivity index (χ3v) is 5.27. The summed E-state index contributed by atoms with van der Waals surface area (Å²) >= 11 is 0. The van der Waals surface area contributed by atoms with Crippen LogP contribution in [0.5, 0.6) is 0 Å². The fraction of sp³-hybridized carbons (Fsp3) is 0.706. The Morgan fingerprint density at radius 2 is 2.25 bits per heavy atom. The summed E-state index contributed by atoms with van der Waals surface area (Å²) in [5.41, 5.74) is 4.93. The molecular weight excluding hydrogens is 306 g/mol. The first-order valence-corrected chi connectivity index (χ1v) is 8.73. The second-order valence-corrected chi connectivity index (χ2v) is 7.20. The molecule has 2 heterocycles. The van der Waals surface area contributed by atoms with E-state index in [4.69, 9.17) is 5.73 Å². The van der Waals surface area contributed by atoms with Crippen LogP contribution < -0.4 is 5.73 Å². The molecule has 0 radical (unpaired) electrons. The molecule has 7 nitrogen and oxygen atoms in total. The molecule has 1 aliphatic heterocycles. The molecule has 2 fully saturated rings. The van der Waals surface area contributed by atoms with Gasteiger partial charge in [0.15, 0.2) is 0 Å². The van der Waals surface area contributed by atoms with Crippen molar-refractivity contribution in [2.75, 3.05) is 25.9 Å². The van der Waals surface area contributed by atoms with Crippen LogP contribution in [0.1, 0.15) is 44.3 Å². The van der Waals surface area contributed by atoms with Crippen molar-refractivity contribution in [2.24, 2.45) is 0 Å². The monoisotopic (exact) mass is 333 g/mol. The van der Waals surface area contributed by atoms with Gasteiger partial charge >= 0.3 is 0 Å². The smallest absolute Gasteiger partial charge is 0.225 e. The van der Waals surface area contributed by atoms with Crippen molar-refractivity contribution in [2.45, 2.75) is 56.7 Å². The Bertz CT molecular complexity index is 588. The third kappa shape index (κ3) is 4.02. The van der Waals surface area contributed by atoms with Gasteiger partial charge in [-0.25, -0.2) is 9.97 Å². The van der Waals surface area contributed by atoms with Gasteiger partial charge < -0.3 is 15.7 Å². The lowest BCUT2D eigenvalue weighted by molar-refractivity contribution is -0.135. The van der Waals surface area contributed by atoms with Crippen molar-refractivity contribution in [3.8, 4) is 0 Å². The molecule has 3 N–H and O–H groups in total. The molecule has 0 bridgehead atoms. The number of aliphatic hydroxyl groups is 1. The van der Waals surface area contributed by atoms with Gasteiger partial charge in [-0.2, -0.15) is 0 Å². The number of rotatable bonds is 5.